The fraction of sp³-hybridized carbons (Fsp3) is 0.350. The Morgan fingerprint density at radius 1 is 1.21 bits per heavy atom. The summed E-state index contributed by atoms with van der Waals surface area (Å²) < 4.78 is 39.1. The SMILES string of the molecule is CCN1C(=O)C(C)(C)COc2cc(NS(=O)(=O)c3ccccc3OC)ccc21. The summed E-state index contributed by atoms with van der Waals surface area (Å²) in [6.45, 7) is 6.24. The van der Waals surface area contributed by atoms with Crippen molar-refractivity contribution in [2.75, 3.05) is 29.9 Å². The number of sulfonamides is 1. The first kappa shape index (κ1) is 20.0. The van der Waals surface area contributed by atoms with E-state index in [4.69, 9.17) is 9.47 Å². The lowest BCUT2D eigenvalue weighted by Crippen LogP contribution is -2.42. The zero-order valence-electron chi connectivity index (χ0n) is 16.4. The lowest BCUT2D eigenvalue weighted by molar-refractivity contribution is -0.127. The van der Waals surface area contributed by atoms with Gasteiger partial charge in [-0.2, -0.15) is 0 Å². The van der Waals surface area contributed by atoms with Crippen LogP contribution >= 0.6 is 0 Å². The zero-order valence-corrected chi connectivity index (χ0v) is 17.2. The van der Waals surface area contributed by atoms with Crippen LogP contribution in [0, 0.1) is 5.41 Å². The second kappa shape index (κ2) is 7.35. The normalized spacial score (nSPS) is 16.0. The maximum atomic E-state index is 12.8. The van der Waals surface area contributed by atoms with Crippen molar-refractivity contribution in [2.45, 2.75) is 25.7 Å². The van der Waals surface area contributed by atoms with Crippen molar-refractivity contribution in [3.05, 3.63) is 42.5 Å². The summed E-state index contributed by atoms with van der Waals surface area (Å²) in [4.78, 5) is 14.4. The third-order valence-corrected chi connectivity index (χ3v) is 6.01. The molecule has 8 heteroatoms. The number of methoxy groups -OCH3 is 1. The van der Waals surface area contributed by atoms with Gasteiger partial charge < -0.3 is 14.4 Å². The highest BCUT2D eigenvalue weighted by Gasteiger charge is 2.37. The van der Waals surface area contributed by atoms with Crippen LogP contribution in [-0.2, 0) is 14.8 Å². The minimum Gasteiger partial charge on any atom is -0.495 e. The molecule has 3 rings (SSSR count). The third kappa shape index (κ3) is 3.64. The summed E-state index contributed by atoms with van der Waals surface area (Å²) in [5, 5.41) is 0. The van der Waals surface area contributed by atoms with E-state index in [0.29, 0.717) is 23.7 Å². The highest BCUT2D eigenvalue weighted by atomic mass is 32.2. The Bertz CT molecular complexity index is 1000. The molecule has 28 heavy (non-hydrogen) atoms. The molecule has 0 fully saturated rings. The van der Waals surface area contributed by atoms with Crippen LogP contribution in [0.5, 0.6) is 11.5 Å². The van der Waals surface area contributed by atoms with Crippen LogP contribution in [0.3, 0.4) is 0 Å². The number of ether oxygens (including phenoxy) is 2. The Morgan fingerprint density at radius 3 is 2.61 bits per heavy atom. The van der Waals surface area contributed by atoms with E-state index in [0.717, 1.165) is 0 Å². The number of rotatable bonds is 5. The molecule has 7 nitrogen and oxygen atoms in total. The zero-order chi connectivity index (χ0) is 20.5. The van der Waals surface area contributed by atoms with E-state index in [1.165, 1.54) is 13.2 Å². The number of carbonyl (C=O) groups excluding carboxylic acids is 1. The minimum atomic E-state index is -3.86. The minimum absolute atomic E-state index is 0.0314. The summed E-state index contributed by atoms with van der Waals surface area (Å²) in [6.07, 6.45) is 0. The molecule has 1 aliphatic heterocycles. The first-order valence-electron chi connectivity index (χ1n) is 8.94. The van der Waals surface area contributed by atoms with Crippen molar-refractivity contribution in [2.24, 2.45) is 5.41 Å². The molecule has 0 spiro atoms. The standard InChI is InChI=1S/C20H24N2O5S/c1-5-22-15-11-10-14(12-17(15)27-13-20(2,3)19(22)23)21-28(24,25)18-9-7-6-8-16(18)26-4/h6-12,21H,5,13H2,1-4H3. The molecule has 2 aromatic carbocycles. The van der Waals surface area contributed by atoms with Crippen molar-refractivity contribution in [3.63, 3.8) is 0 Å². The van der Waals surface area contributed by atoms with Crippen LogP contribution in [0.15, 0.2) is 47.4 Å². The summed E-state index contributed by atoms with van der Waals surface area (Å²) in [5.41, 5.74) is 0.290. The van der Waals surface area contributed by atoms with E-state index in [-0.39, 0.29) is 23.2 Å². The van der Waals surface area contributed by atoms with E-state index in [9.17, 15) is 13.2 Å². The number of carbonyl (C=O) groups is 1. The molecule has 1 N–H and O–H groups in total. The topological polar surface area (TPSA) is 84.9 Å². The van der Waals surface area contributed by atoms with Gasteiger partial charge in [-0.15, -0.1) is 0 Å². The molecule has 1 heterocycles. The van der Waals surface area contributed by atoms with Gasteiger partial charge in [-0.25, -0.2) is 8.42 Å². The average Bonchev–Trinajstić information content (AvgIpc) is 2.76. The molecule has 0 radical (unpaired) electrons. The molecule has 0 atom stereocenters. The highest BCUT2D eigenvalue weighted by molar-refractivity contribution is 7.92. The quantitative estimate of drug-likeness (QED) is 0.827. The molecule has 2 aromatic rings. The smallest absolute Gasteiger partial charge is 0.265 e. The molecule has 1 amide bonds. The van der Waals surface area contributed by atoms with Gasteiger partial charge in [0.2, 0.25) is 5.91 Å². The van der Waals surface area contributed by atoms with Crippen LogP contribution < -0.4 is 19.1 Å². The van der Waals surface area contributed by atoms with Crippen LogP contribution in [0.1, 0.15) is 20.8 Å². The van der Waals surface area contributed by atoms with Gasteiger partial charge in [0.05, 0.1) is 23.9 Å². The van der Waals surface area contributed by atoms with Gasteiger partial charge in [-0.05, 0) is 45.0 Å². The molecule has 150 valence electrons. The Kier molecular flexibility index (Phi) is 5.25. The van der Waals surface area contributed by atoms with Crippen molar-refractivity contribution in [1.29, 1.82) is 0 Å². The molecule has 0 saturated carbocycles. The van der Waals surface area contributed by atoms with Crippen LogP contribution in [0.25, 0.3) is 0 Å². The number of anilines is 2. The molecule has 0 aliphatic carbocycles. The van der Waals surface area contributed by atoms with Gasteiger partial charge in [0.1, 0.15) is 23.0 Å². The second-order valence-corrected chi connectivity index (χ2v) is 8.81. The molecule has 0 saturated heterocycles. The highest BCUT2D eigenvalue weighted by Crippen LogP contribution is 2.38. The van der Waals surface area contributed by atoms with Gasteiger partial charge in [0.15, 0.2) is 0 Å². The van der Waals surface area contributed by atoms with Crippen molar-refractivity contribution >= 4 is 27.3 Å². The number of benzene rings is 2. The number of fused-ring (bicyclic) bond motifs is 1. The van der Waals surface area contributed by atoms with E-state index in [2.05, 4.69) is 4.72 Å². The maximum Gasteiger partial charge on any atom is 0.265 e. The van der Waals surface area contributed by atoms with E-state index in [1.807, 2.05) is 20.8 Å². The molecule has 0 unspecified atom stereocenters. The third-order valence-electron chi connectivity index (χ3n) is 4.59. The van der Waals surface area contributed by atoms with Crippen molar-refractivity contribution in [1.82, 2.24) is 0 Å². The Hall–Kier alpha value is -2.74. The summed E-state index contributed by atoms with van der Waals surface area (Å²) in [7, 11) is -2.44. The van der Waals surface area contributed by atoms with E-state index >= 15 is 0 Å². The number of amides is 1. The van der Waals surface area contributed by atoms with Gasteiger partial charge >= 0.3 is 0 Å². The van der Waals surface area contributed by atoms with Gasteiger partial charge in [-0.1, -0.05) is 12.1 Å². The average molecular weight is 404 g/mol. The predicted octanol–water partition coefficient (Wildman–Crippen LogP) is 3.27. The molecule has 0 bridgehead atoms. The molecular weight excluding hydrogens is 380 g/mol. The number of hydrogen-bond acceptors (Lipinski definition) is 5. The monoisotopic (exact) mass is 404 g/mol. The second-order valence-electron chi connectivity index (χ2n) is 7.16. The predicted molar refractivity (Wildman–Crippen MR) is 108 cm³/mol. The lowest BCUT2D eigenvalue weighted by Gasteiger charge is -2.26. The number of para-hydroxylation sites is 1. The fourth-order valence-corrected chi connectivity index (χ4v) is 4.30. The van der Waals surface area contributed by atoms with Crippen LogP contribution in [0.4, 0.5) is 11.4 Å². The van der Waals surface area contributed by atoms with E-state index < -0.39 is 15.4 Å². The first-order chi connectivity index (χ1) is 13.2. The van der Waals surface area contributed by atoms with Crippen molar-refractivity contribution in [3.8, 4) is 11.5 Å². The first-order valence-corrected chi connectivity index (χ1v) is 10.4. The van der Waals surface area contributed by atoms with Crippen LogP contribution in [0.2, 0.25) is 0 Å². The Labute approximate surface area is 165 Å². The maximum absolute atomic E-state index is 12.8. The largest absolute Gasteiger partial charge is 0.495 e. The van der Waals surface area contributed by atoms with Gasteiger partial charge in [0.25, 0.3) is 10.0 Å². The van der Waals surface area contributed by atoms with E-state index in [1.54, 1.807) is 41.3 Å². The summed E-state index contributed by atoms with van der Waals surface area (Å²) >= 11 is 0. The molecule has 1 aliphatic rings. The van der Waals surface area contributed by atoms with Crippen LogP contribution in [-0.4, -0.2) is 34.6 Å². The number of nitrogens with one attached hydrogen (secondary N) is 1. The number of nitrogens with zero attached hydrogens (tertiary/aromatic N) is 1. The lowest BCUT2D eigenvalue weighted by atomic mass is 9.93. The summed E-state index contributed by atoms with van der Waals surface area (Å²) in [6, 6.07) is 11.3. The fourth-order valence-electron chi connectivity index (χ4n) is 3.08. The summed E-state index contributed by atoms with van der Waals surface area (Å²) in [5.74, 6) is 0.683. The van der Waals surface area contributed by atoms with Crippen molar-refractivity contribution < 1.29 is 22.7 Å². The van der Waals surface area contributed by atoms with Gasteiger partial charge in [0, 0.05) is 12.6 Å². The molecular formula is C20H24N2O5S. The Balaban J connectivity index is 1.97. The molecule has 0 aromatic heterocycles. The Morgan fingerprint density at radius 2 is 1.93 bits per heavy atom. The van der Waals surface area contributed by atoms with Gasteiger partial charge in [-0.3, -0.25) is 9.52 Å². The number of hydrogen-bond donors (Lipinski definition) is 1.